The molecular formula is C21H20N4O3. The summed E-state index contributed by atoms with van der Waals surface area (Å²) in [6.07, 6.45) is 3.16. The Morgan fingerprint density at radius 3 is 2.75 bits per heavy atom. The van der Waals surface area contributed by atoms with E-state index in [1.54, 1.807) is 23.2 Å². The predicted octanol–water partition coefficient (Wildman–Crippen LogP) is 3.22. The Bertz CT molecular complexity index is 968. The molecule has 2 amide bonds. The van der Waals surface area contributed by atoms with Crippen molar-refractivity contribution in [2.45, 2.75) is 12.8 Å². The molecule has 1 aliphatic heterocycles. The van der Waals surface area contributed by atoms with Gasteiger partial charge in [-0.15, -0.1) is 0 Å². The Morgan fingerprint density at radius 1 is 1.18 bits per heavy atom. The quantitative estimate of drug-likeness (QED) is 0.691. The highest BCUT2D eigenvalue weighted by molar-refractivity contribution is 5.95. The van der Waals surface area contributed by atoms with Gasteiger partial charge in [-0.25, -0.2) is 0 Å². The molecule has 0 unspecified atom stereocenters. The molecule has 7 heteroatoms. The molecule has 1 aromatic heterocycles. The molecule has 3 aromatic rings. The van der Waals surface area contributed by atoms with Gasteiger partial charge in [-0.2, -0.15) is 5.10 Å². The number of carbonyl (C=O) groups excluding carboxylic acids is 2. The summed E-state index contributed by atoms with van der Waals surface area (Å²) in [4.78, 5) is 25.7. The van der Waals surface area contributed by atoms with Gasteiger partial charge in [0.1, 0.15) is 5.75 Å². The molecule has 1 fully saturated rings. The predicted molar refractivity (Wildman–Crippen MR) is 106 cm³/mol. The van der Waals surface area contributed by atoms with E-state index < -0.39 is 0 Å². The molecule has 7 nitrogen and oxygen atoms in total. The van der Waals surface area contributed by atoms with Gasteiger partial charge in [0, 0.05) is 36.1 Å². The minimum atomic E-state index is -0.249. The van der Waals surface area contributed by atoms with E-state index in [2.05, 4.69) is 15.5 Å². The van der Waals surface area contributed by atoms with E-state index >= 15 is 0 Å². The fourth-order valence-electron chi connectivity index (χ4n) is 3.17. The number of ether oxygens (including phenoxy) is 1. The molecule has 0 saturated carbocycles. The van der Waals surface area contributed by atoms with Gasteiger partial charge < -0.3 is 15.0 Å². The first-order chi connectivity index (χ1) is 13.7. The van der Waals surface area contributed by atoms with Crippen LogP contribution in [0.3, 0.4) is 0 Å². The van der Waals surface area contributed by atoms with Crippen LogP contribution in [0.25, 0.3) is 11.3 Å². The minimum Gasteiger partial charge on any atom is -0.484 e. The Kier molecular flexibility index (Phi) is 5.05. The molecule has 142 valence electrons. The number of nitrogens with one attached hydrogen (secondary N) is 2. The summed E-state index contributed by atoms with van der Waals surface area (Å²) in [6, 6.07) is 16.6. The summed E-state index contributed by atoms with van der Waals surface area (Å²) >= 11 is 0. The van der Waals surface area contributed by atoms with Crippen molar-refractivity contribution in [2.75, 3.05) is 23.4 Å². The molecule has 1 saturated heterocycles. The summed E-state index contributed by atoms with van der Waals surface area (Å²) in [6.45, 7) is 0.648. The van der Waals surface area contributed by atoms with Gasteiger partial charge in [0.25, 0.3) is 5.91 Å². The largest absolute Gasteiger partial charge is 0.484 e. The molecule has 28 heavy (non-hydrogen) atoms. The van der Waals surface area contributed by atoms with Crippen molar-refractivity contribution in [3.8, 4) is 17.0 Å². The lowest BCUT2D eigenvalue weighted by molar-refractivity contribution is -0.118. The van der Waals surface area contributed by atoms with Crippen molar-refractivity contribution < 1.29 is 14.3 Å². The lowest BCUT2D eigenvalue weighted by Crippen LogP contribution is -2.23. The number of nitrogens with zero attached hydrogens (tertiary/aromatic N) is 2. The third-order valence-electron chi connectivity index (χ3n) is 4.55. The average Bonchev–Trinajstić information content (AvgIpc) is 3.39. The molecule has 0 radical (unpaired) electrons. The number of amides is 2. The van der Waals surface area contributed by atoms with Crippen LogP contribution < -0.4 is 15.0 Å². The molecule has 0 atom stereocenters. The number of rotatable bonds is 6. The number of aromatic amines is 1. The first-order valence-electron chi connectivity index (χ1n) is 9.12. The zero-order chi connectivity index (χ0) is 19.3. The van der Waals surface area contributed by atoms with Crippen LogP contribution in [0, 0.1) is 0 Å². The first-order valence-corrected chi connectivity index (χ1v) is 9.12. The molecule has 0 aliphatic carbocycles. The second-order valence-corrected chi connectivity index (χ2v) is 6.53. The maximum absolute atomic E-state index is 12.2. The molecular weight excluding hydrogens is 356 g/mol. The molecule has 0 bridgehead atoms. The zero-order valence-corrected chi connectivity index (χ0v) is 15.2. The molecule has 0 spiro atoms. The van der Waals surface area contributed by atoms with E-state index in [1.165, 1.54) is 0 Å². The number of carbonyl (C=O) groups is 2. The lowest BCUT2D eigenvalue weighted by atomic mass is 10.1. The fourth-order valence-corrected chi connectivity index (χ4v) is 3.17. The Morgan fingerprint density at radius 2 is 2.04 bits per heavy atom. The van der Waals surface area contributed by atoms with Crippen LogP contribution in [0.15, 0.2) is 60.8 Å². The highest BCUT2D eigenvalue weighted by Crippen LogP contribution is 2.24. The third-order valence-corrected chi connectivity index (χ3v) is 4.55. The third kappa shape index (κ3) is 4.03. The van der Waals surface area contributed by atoms with Gasteiger partial charge in [0.2, 0.25) is 5.91 Å². The summed E-state index contributed by atoms with van der Waals surface area (Å²) < 4.78 is 5.56. The van der Waals surface area contributed by atoms with Crippen LogP contribution in [-0.4, -0.2) is 35.2 Å². The van der Waals surface area contributed by atoms with Crippen LogP contribution in [-0.2, 0) is 9.59 Å². The highest BCUT2D eigenvalue weighted by Gasteiger charge is 2.21. The summed E-state index contributed by atoms with van der Waals surface area (Å²) in [7, 11) is 0. The fraction of sp³-hybridized carbons (Fsp3) is 0.190. The van der Waals surface area contributed by atoms with E-state index in [-0.39, 0.29) is 18.4 Å². The van der Waals surface area contributed by atoms with Crippen LogP contribution in [0.4, 0.5) is 11.4 Å². The summed E-state index contributed by atoms with van der Waals surface area (Å²) in [5.74, 6) is 0.475. The van der Waals surface area contributed by atoms with Crippen molar-refractivity contribution in [1.29, 1.82) is 0 Å². The second kappa shape index (κ2) is 7.96. The Labute approximate surface area is 162 Å². The number of hydrogen-bond acceptors (Lipinski definition) is 4. The van der Waals surface area contributed by atoms with Crippen molar-refractivity contribution in [1.82, 2.24) is 10.2 Å². The topological polar surface area (TPSA) is 87.3 Å². The minimum absolute atomic E-state index is 0.101. The molecule has 2 heterocycles. The van der Waals surface area contributed by atoms with Gasteiger partial charge in [-0.1, -0.05) is 12.1 Å². The Balaban J connectivity index is 1.32. The van der Waals surface area contributed by atoms with Crippen LogP contribution >= 0.6 is 0 Å². The zero-order valence-electron chi connectivity index (χ0n) is 15.2. The van der Waals surface area contributed by atoms with Gasteiger partial charge in [-0.3, -0.25) is 14.7 Å². The molecule has 2 N–H and O–H groups in total. The highest BCUT2D eigenvalue weighted by atomic mass is 16.5. The number of hydrogen-bond donors (Lipinski definition) is 2. The van der Waals surface area contributed by atoms with Gasteiger partial charge >= 0.3 is 0 Å². The maximum Gasteiger partial charge on any atom is 0.262 e. The monoisotopic (exact) mass is 376 g/mol. The van der Waals surface area contributed by atoms with Crippen molar-refractivity contribution >= 4 is 23.2 Å². The Hall–Kier alpha value is -3.61. The molecule has 2 aromatic carbocycles. The first kappa shape index (κ1) is 17.8. The number of aromatic nitrogens is 2. The molecule has 1 aliphatic rings. The summed E-state index contributed by atoms with van der Waals surface area (Å²) in [5, 5.41) is 9.66. The van der Waals surface area contributed by atoms with E-state index in [1.807, 2.05) is 42.5 Å². The van der Waals surface area contributed by atoms with E-state index in [0.29, 0.717) is 17.9 Å². The standard InChI is InChI=1S/C21H20N4O3/c26-20(23-16-4-1-3-15(13-16)19-10-11-22-24-19)14-28-18-8-6-17(7-9-18)25-12-2-5-21(25)27/h1,3-4,6-11,13H,2,5,12,14H2,(H,22,24)(H,23,26). The van der Waals surface area contributed by atoms with Gasteiger partial charge in [0.05, 0.1) is 5.69 Å². The maximum atomic E-state index is 12.2. The lowest BCUT2D eigenvalue weighted by Gasteiger charge is -2.16. The van der Waals surface area contributed by atoms with Gasteiger partial charge in [-0.05, 0) is 48.9 Å². The van der Waals surface area contributed by atoms with Crippen LogP contribution in [0.5, 0.6) is 5.75 Å². The van der Waals surface area contributed by atoms with E-state index in [0.717, 1.165) is 29.9 Å². The number of H-pyrrole nitrogens is 1. The smallest absolute Gasteiger partial charge is 0.262 e. The summed E-state index contributed by atoms with van der Waals surface area (Å²) in [5.41, 5.74) is 3.35. The second-order valence-electron chi connectivity index (χ2n) is 6.53. The van der Waals surface area contributed by atoms with Crippen LogP contribution in [0.1, 0.15) is 12.8 Å². The van der Waals surface area contributed by atoms with Crippen molar-refractivity contribution in [3.63, 3.8) is 0 Å². The SMILES string of the molecule is O=C(COc1ccc(N2CCCC2=O)cc1)Nc1cccc(-c2ccn[nH]2)c1. The normalized spacial score (nSPS) is 13.6. The average molecular weight is 376 g/mol. The number of benzene rings is 2. The van der Waals surface area contributed by atoms with Crippen LogP contribution in [0.2, 0.25) is 0 Å². The number of anilines is 2. The van der Waals surface area contributed by atoms with E-state index in [4.69, 9.17) is 4.74 Å². The molecule has 4 rings (SSSR count). The van der Waals surface area contributed by atoms with E-state index in [9.17, 15) is 9.59 Å². The van der Waals surface area contributed by atoms with Gasteiger partial charge in [0.15, 0.2) is 6.61 Å². The van der Waals surface area contributed by atoms with Crippen molar-refractivity contribution in [3.05, 3.63) is 60.8 Å². The van der Waals surface area contributed by atoms with Crippen molar-refractivity contribution in [2.24, 2.45) is 0 Å².